The second-order valence-corrected chi connectivity index (χ2v) is 7.14. The van der Waals surface area contributed by atoms with E-state index in [-0.39, 0.29) is 17.7 Å². The normalized spacial score (nSPS) is 23.5. The predicted octanol–water partition coefficient (Wildman–Crippen LogP) is 3.01. The minimum atomic E-state index is 0.0828. The Morgan fingerprint density at radius 1 is 1.12 bits per heavy atom. The van der Waals surface area contributed by atoms with Gasteiger partial charge < -0.3 is 10.2 Å². The Hall–Kier alpha value is -1.84. The van der Waals surface area contributed by atoms with Gasteiger partial charge in [-0.3, -0.25) is 9.59 Å². The maximum Gasteiger partial charge on any atom is 0.224 e. The van der Waals surface area contributed by atoms with Gasteiger partial charge in [0, 0.05) is 32.0 Å². The Morgan fingerprint density at radius 2 is 1.83 bits per heavy atom. The average Bonchev–Trinajstić information content (AvgIpc) is 3.39. The van der Waals surface area contributed by atoms with E-state index in [1.54, 1.807) is 0 Å². The molecule has 1 aliphatic carbocycles. The van der Waals surface area contributed by atoms with Gasteiger partial charge >= 0.3 is 0 Å². The molecular formula is C20H28N2O2. The van der Waals surface area contributed by atoms with E-state index >= 15 is 0 Å². The molecule has 1 aromatic carbocycles. The molecule has 0 unspecified atom stereocenters. The fourth-order valence-corrected chi connectivity index (χ4v) is 3.73. The third-order valence-electron chi connectivity index (χ3n) is 5.31. The summed E-state index contributed by atoms with van der Waals surface area (Å²) >= 11 is 0. The summed E-state index contributed by atoms with van der Waals surface area (Å²) in [7, 11) is 0. The van der Waals surface area contributed by atoms with E-state index in [9.17, 15) is 9.59 Å². The second kappa shape index (κ2) is 7.82. The molecule has 1 aliphatic heterocycles. The lowest BCUT2D eigenvalue weighted by molar-refractivity contribution is -0.131. The summed E-state index contributed by atoms with van der Waals surface area (Å²) in [5.74, 6) is 0.724. The van der Waals surface area contributed by atoms with E-state index < -0.39 is 0 Å². The molecular weight excluding hydrogens is 300 g/mol. The highest BCUT2D eigenvalue weighted by atomic mass is 16.2. The molecule has 0 aromatic heterocycles. The van der Waals surface area contributed by atoms with Gasteiger partial charge in [-0.05, 0) is 43.2 Å². The molecule has 4 nitrogen and oxygen atoms in total. The lowest BCUT2D eigenvalue weighted by Gasteiger charge is -2.20. The first-order valence-corrected chi connectivity index (χ1v) is 9.28. The van der Waals surface area contributed by atoms with E-state index in [2.05, 4.69) is 24.4 Å². The zero-order valence-corrected chi connectivity index (χ0v) is 14.6. The van der Waals surface area contributed by atoms with Gasteiger partial charge in [0.1, 0.15) is 0 Å². The van der Waals surface area contributed by atoms with Gasteiger partial charge in [0.05, 0.1) is 0 Å². The predicted molar refractivity (Wildman–Crippen MR) is 94.7 cm³/mol. The van der Waals surface area contributed by atoms with E-state index in [0.29, 0.717) is 18.9 Å². The third-order valence-corrected chi connectivity index (χ3v) is 5.31. The van der Waals surface area contributed by atoms with Gasteiger partial charge in [0.25, 0.3) is 0 Å². The standard InChI is InChI=1S/C20H28N2O2/c1-15-8-4-5-9-16(15)17-14-18(17)20(24)21-11-10-19(23)22-12-6-2-3-7-13-22/h4-5,8-9,17-18H,2-3,6-7,10-14H2,1H3,(H,21,24)/t17-,18-/m1/s1. The van der Waals surface area contributed by atoms with Gasteiger partial charge in [0.2, 0.25) is 11.8 Å². The molecule has 3 rings (SSSR count). The third kappa shape index (κ3) is 4.16. The molecule has 2 atom stereocenters. The second-order valence-electron chi connectivity index (χ2n) is 7.14. The number of hydrogen-bond donors (Lipinski definition) is 1. The number of carbonyl (C=O) groups excluding carboxylic acids is 2. The Morgan fingerprint density at radius 3 is 2.54 bits per heavy atom. The SMILES string of the molecule is Cc1ccccc1[C@H]1C[C@H]1C(=O)NCCC(=O)N1CCCCCC1. The summed E-state index contributed by atoms with van der Waals surface area (Å²) in [6.07, 6.45) is 6.02. The van der Waals surface area contributed by atoms with Crippen molar-refractivity contribution in [2.45, 2.75) is 51.4 Å². The van der Waals surface area contributed by atoms with Gasteiger partial charge in [-0.1, -0.05) is 37.1 Å². The molecule has 2 amide bonds. The molecule has 24 heavy (non-hydrogen) atoms. The molecule has 1 aromatic rings. The highest BCUT2D eigenvalue weighted by Gasteiger charge is 2.44. The van der Waals surface area contributed by atoms with E-state index in [0.717, 1.165) is 32.4 Å². The molecule has 0 spiro atoms. The van der Waals surface area contributed by atoms with Crippen molar-refractivity contribution in [3.63, 3.8) is 0 Å². The Kier molecular flexibility index (Phi) is 5.54. The van der Waals surface area contributed by atoms with Crippen LogP contribution in [0.15, 0.2) is 24.3 Å². The number of likely N-dealkylation sites (tertiary alicyclic amines) is 1. The van der Waals surface area contributed by atoms with Gasteiger partial charge in [-0.2, -0.15) is 0 Å². The molecule has 0 radical (unpaired) electrons. The number of benzene rings is 1. The first-order chi connectivity index (χ1) is 11.7. The lowest BCUT2D eigenvalue weighted by Crippen LogP contribution is -2.35. The maximum atomic E-state index is 12.3. The largest absolute Gasteiger partial charge is 0.355 e. The molecule has 2 fully saturated rings. The summed E-state index contributed by atoms with van der Waals surface area (Å²) in [6.45, 7) is 4.32. The van der Waals surface area contributed by atoms with Crippen molar-refractivity contribution in [3.8, 4) is 0 Å². The van der Waals surface area contributed by atoms with Crippen LogP contribution in [0.5, 0.6) is 0 Å². The smallest absolute Gasteiger partial charge is 0.224 e. The van der Waals surface area contributed by atoms with Crippen LogP contribution in [-0.2, 0) is 9.59 Å². The first-order valence-electron chi connectivity index (χ1n) is 9.28. The van der Waals surface area contributed by atoms with Crippen LogP contribution in [0.3, 0.4) is 0 Å². The summed E-state index contributed by atoms with van der Waals surface area (Å²) < 4.78 is 0. The summed E-state index contributed by atoms with van der Waals surface area (Å²) in [6, 6.07) is 8.29. The van der Waals surface area contributed by atoms with Crippen molar-refractivity contribution in [1.82, 2.24) is 10.2 Å². The van der Waals surface area contributed by atoms with E-state index in [1.807, 2.05) is 17.0 Å². The zero-order chi connectivity index (χ0) is 16.9. The molecule has 4 heteroatoms. The number of nitrogens with zero attached hydrogens (tertiary/aromatic N) is 1. The Balaban J connectivity index is 1.40. The molecule has 1 saturated heterocycles. The zero-order valence-electron chi connectivity index (χ0n) is 14.6. The molecule has 1 N–H and O–H groups in total. The lowest BCUT2D eigenvalue weighted by atomic mass is 10.0. The van der Waals surface area contributed by atoms with Crippen LogP contribution in [0.2, 0.25) is 0 Å². The van der Waals surface area contributed by atoms with Crippen molar-refractivity contribution >= 4 is 11.8 Å². The fraction of sp³-hybridized carbons (Fsp3) is 0.600. The molecule has 1 heterocycles. The van der Waals surface area contributed by atoms with Crippen molar-refractivity contribution in [3.05, 3.63) is 35.4 Å². The van der Waals surface area contributed by atoms with Crippen LogP contribution in [-0.4, -0.2) is 36.3 Å². The number of nitrogens with one attached hydrogen (secondary N) is 1. The van der Waals surface area contributed by atoms with Crippen LogP contribution in [0.1, 0.15) is 55.6 Å². The fourth-order valence-electron chi connectivity index (χ4n) is 3.73. The number of amides is 2. The minimum absolute atomic E-state index is 0.0828. The molecule has 1 saturated carbocycles. The van der Waals surface area contributed by atoms with Gasteiger partial charge in [0.15, 0.2) is 0 Å². The monoisotopic (exact) mass is 328 g/mol. The van der Waals surface area contributed by atoms with Gasteiger partial charge in [-0.15, -0.1) is 0 Å². The van der Waals surface area contributed by atoms with Crippen molar-refractivity contribution < 1.29 is 9.59 Å². The van der Waals surface area contributed by atoms with Crippen LogP contribution < -0.4 is 5.32 Å². The minimum Gasteiger partial charge on any atom is -0.355 e. The Bertz CT molecular complexity index is 591. The summed E-state index contributed by atoms with van der Waals surface area (Å²) in [5.41, 5.74) is 2.55. The quantitative estimate of drug-likeness (QED) is 0.903. The topological polar surface area (TPSA) is 49.4 Å². The van der Waals surface area contributed by atoms with Crippen LogP contribution in [0, 0.1) is 12.8 Å². The average molecular weight is 328 g/mol. The number of hydrogen-bond acceptors (Lipinski definition) is 2. The summed E-state index contributed by atoms with van der Waals surface area (Å²) in [5, 5.41) is 2.96. The maximum absolute atomic E-state index is 12.3. The number of aryl methyl sites for hydroxylation is 1. The molecule has 2 aliphatic rings. The molecule has 0 bridgehead atoms. The van der Waals surface area contributed by atoms with Crippen LogP contribution >= 0.6 is 0 Å². The Labute approximate surface area is 144 Å². The van der Waals surface area contributed by atoms with Crippen LogP contribution in [0.4, 0.5) is 0 Å². The number of rotatable bonds is 5. The number of carbonyl (C=O) groups is 2. The highest BCUT2D eigenvalue weighted by Crippen LogP contribution is 2.48. The van der Waals surface area contributed by atoms with E-state index in [1.165, 1.54) is 24.0 Å². The van der Waals surface area contributed by atoms with Crippen molar-refractivity contribution in [2.75, 3.05) is 19.6 Å². The van der Waals surface area contributed by atoms with Crippen molar-refractivity contribution in [2.24, 2.45) is 5.92 Å². The highest BCUT2D eigenvalue weighted by molar-refractivity contribution is 5.84. The van der Waals surface area contributed by atoms with Crippen LogP contribution in [0.25, 0.3) is 0 Å². The first kappa shape index (κ1) is 17.0. The molecule has 130 valence electrons. The van der Waals surface area contributed by atoms with E-state index in [4.69, 9.17) is 0 Å². The van der Waals surface area contributed by atoms with Gasteiger partial charge in [-0.25, -0.2) is 0 Å². The van der Waals surface area contributed by atoms with Crippen molar-refractivity contribution in [1.29, 1.82) is 0 Å². The summed E-state index contributed by atoms with van der Waals surface area (Å²) in [4.78, 5) is 26.5.